The molecule has 1 N–H and O–H groups in total. The number of hydrogen-bond acceptors (Lipinski definition) is 2. The Bertz CT molecular complexity index is 468. The first-order valence-electron chi connectivity index (χ1n) is 8.33. The average Bonchev–Trinajstić information content (AvgIpc) is 3.00. The summed E-state index contributed by atoms with van der Waals surface area (Å²) in [6, 6.07) is 6.63. The van der Waals surface area contributed by atoms with Crippen LogP contribution < -0.4 is 10.1 Å². The summed E-state index contributed by atoms with van der Waals surface area (Å²) in [6.45, 7) is 2.96. The molecular formula is C18H26ClNO. The zero-order valence-electron chi connectivity index (χ0n) is 12.8. The van der Waals surface area contributed by atoms with Crippen molar-refractivity contribution < 1.29 is 4.74 Å². The van der Waals surface area contributed by atoms with E-state index >= 15 is 0 Å². The molecule has 1 saturated carbocycles. The predicted octanol–water partition coefficient (Wildman–Crippen LogP) is 3.94. The van der Waals surface area contributed by atoms with Gasteiger partial charge in [-0.05, 0) is 48.4 Å². The Labute approximate surface area is 133 Å². The molecule has 1 heterocycles. The highest BCUT2D eigenvalue weighted by Gasteiger charge is 2.30. The molecule has 2 nitrogen and oxygen atoms in total. The highest BCUT2D eigenvalue weighted by atomic mass is 35.5. The number of hydrogen-bond donors (Lipinski definition) is 1. The van der Waals surface area contributed by atoms with Crippen molar-refractivity contribution in [3.8, 4) is 5.75 Å². The van der Waals surface area contributed by atoms with Gasteiger partial charge in [-0.15, -0.1) is 11.6 Å². The zero-order valence-corrected chi connectivity index (χ0v) is 13.6. The minimum atomic E-state index is 0.353. The molecule has 0 bridgehead atoms. The summed E-state index contributed by atoms with van der Waals surface area (Å²) in [5.74, 6) is 1.88. The molecule has 0 radical (unpaired) electrons. The van der Waals surface area contributed by atoms with Gasteiger partial charge in [-0.3, -0.25) is 0 Å². The van der Waals surface area contributed by atoms with Crippen LogP contribution in [0.2, 0.25) is 0 Å². The SMILES string of the molecule is ClCC1(CNCCc2ccc3c(c2)CCO3)CCCCC1. The number of alkyl halides is 1. The Morgan fingerprint density at radius 1 is 1.19 bits per heavy atom. The standard InChI is InChI=1S/C18H26ClNO/c19-13-18(8-2-1-3-9-18)14-20-10-6-15-4-5-17-16(12-15)7-11-21-17/h4-5,12,20H,1-3,6-11,13-14H2. The minimum absolute atomic E-state index is 0.353. The number of benzene rings is 1. The predicted molar refractivity (Wildman–Crippen MR) is 88.5 cm³/mol. The molecule has 0 atom stereocenters. The lowest BCUT2D eigenvalue weighted by Gasteiger charge is -2.35. The Hall–Kier alpha value is -0.730. The lowest BCUT2D eigenvalue weighted by atomic mass is 9.75. The Morgan fingerprint density at radius 3 is 2.86 bits per heavy atom. The van der Waals surface area contributed by atoms with Crippen molar-refractivity contribution in [3.05, 3.63) is 29.3 Å². The van der Waals surface area contributed by atoms with Crippen LogP contribution in [0.3, 0.4) is 0 Å². The number of rotatable bonds is 6. The monoisotopic (exact) mass is 307 g/mol. The third-order valence-electron chi connectivity index (χ3n) is 5.04. The summed E-state index contributed by atoms with van der Waals surface area (Å²) >= 11 is 6.24. The second-order valence-electron chi connectivity index (χ2n) is 6.66. The van der Waals surface area contributed by atoms with Crippen molar-refractivity contribution in [1.82, 2.24) is 5.32 Å². The Balaban J connectivity index is 1.45. The molecule has 0 aromatic heterocycles. The van der Waals surface area contributed by atoms with Gasteiger partial charge in [0, 0.05) is 18.8 Å². The second kappa shape index (κ2) is 7.02. The van der Waals surface area contributed by atoms with Gasteiger partial charge in [0.25, 0.3) is 0 Å². The van der Waals surface area contributed by atoms with Crippen LogP contribution in [0.4, 0.5) is 0 Å². The van der Waals surface area contributed by atoms with Crippen molar-refractivity contribution in [3.63, 3.8) is 0 Å². The van der Waals surface area contributed by atoms with Crippen LogP contribution in [-0.2, 0) is 12.8 Å². The molecule has 1 aliphatic carbocycles. The van der Waals surface area contributed by atoms with Gasteiger partial charge in [0.2, 0.25) is 0 Å². The first kappa shape index (κ1) is 15.2. The quantitative estimate of drug-likeness (QED) is 0.635. The lowest BCUT2D eigenvalue weighted by Crippen LogP contribution is -2.38. The van der Waals surface area contributed by atoms with Crippen LogP contribution >= 0.6 is 11.6 Å². The molecule has 2 aliphatic rings. The molecule has 1 aromatic rings. The minimum Gasteiger partial charge on any atom is -0.493 e. The zero-order chi connectivity index (χ0) is 14.5. The van der Waals surface area contributed by atoms with Crippen molar-refractivity contribution >= 4 is 11.6 Å². The van der Waals surface area contributed by atoms with E-state index in [2.05, 4.69) is 23.5 Å². The van der Waals surface area contributed by atoms with E-state index in [-0.39, 0.29) is 0 Å². The summed E-state index contributed by atoms with van der Waals surface area (Å²) in [7, 11) is 0. The molecule has 1 aromatic carbocycles. The van der Waals surface area contributed by atoms with E-state index < -0.39 is 0 Å². The first-order valence-corrected chi connectivity index (χ1v) is 8.86. The van der Waals surface area contributed by atoms with Gasteiger partial charge in [-0.1, -0.05) is 31.4 Å². The molecule has 0 saturated heterocycles. The van der Waals surface area contributed by atoms with Crippen molar-refractivity contribution in [2.45, 2.75) is 44.9 Å². The molecular weight excluding hydrogens is 282 g/mol. The van der Waals surface area contributed by atoms with E-state index in [4.69, 9.17) is 16.3 Å². The second-order valence-corrected chi connectivity index (χ2v) is 6.93. The van der Waals surface area contributed by atoms with Gasteiger partial charge in [0.15, 0.2) is 0 Å². The maximum Gasteiger partial charge on any atom is 0.122 e. The third kappa shape index (κ3) is 3.73. The molecule has 21 heavy (non-hydrogen) atoms. The smallest absolute Gasteiger partial charge is 0.122 e. The fourth-order valence-corrected chi connectivity index (χ4v) is 4.00. The largest absolute Gasteiger partial charge is 0.493 e. The van der Waals surface area contributed by atoms with E-state index in [0.29, 0.717) is 5.41 Å². The Kier molecular flexibility index (Phi) is 5.07. The number of fused-ring (bicyclic) bond motifs is 1. The fourth-order valence-electron chi connectivity index (χ4n) is 3.64. The number of nitrogens with one attached hydrogen (secondary N) is 1. The van der Waals surface area contributed by atoms with E-state index in [0.717, 1.165) is 44.2 Å². The van der Waals surface area contributed by atoms with Gasteiger partial charge in [0.1, 0.15) is 5.75 Å². The van der Waals surface area contributed by atoms with Crippen molar-refractivity contribution in [2.75, 3.05) is 25.6 Å². The van der Waals surface area contributed by atoms with Gasteiger partial charge in [-0.25, -0.2) is 0 Å². The van der Waals surface area contributed by atoms with Crippen LogP contribution in [0.15, 0.2) is 18.2 Å². The molecule has 3 rings (SSSR count). The highest BCUT2D eigenvalue weighted by molar-refractivity contribution is 6.18. The molecule has 1 fully saturated rings. The van der Waals surface area contributed by atoms with Crippen LogP contribution in [0, 0.1) is 5.41 Å². The first-order chi connectivity index (χ1) is 10.3. The normalized spacial score (nSPS) is 20.0. The van der Waals surface area contributed by atoms with Gasteiger partial charge >= 0.3 is 0 Å². The van der Waals surface area contributed by atoms with Gasteiger partial charge in [-0.2, -0.15) is 0 Å². The van der Waals surface area contributed by atoms with Crippen molar-refractivity contribution in [2.24, 2.45) is 5.41 Å². The lowest BCUT2D eigenvalue weighted by molar-refractivity contribution is 0.213. The van der Waals surface area contributed by atoms with E-state index in [1.807, 2.05) is 0 Å². The Morgan fingerprint density at radius 2 is 2.05 bits per heavy atom. The fraction of sp³-hybridized carbons (Fsp3) is 0.667. The number of ether oxygens (including phenoxy) is 1. The van der Waals surface area contributed by atoms with E-state index in [1.165, 1.54) is 43.2 Å². The van der Waals surface area contributed by atoms with Crippen molar-refractivity contribution in [1.29, 1.82) is 0 Å². The highest BCUT2D eigenvalue weighted by Crippen LogP contribution is 2.36. The molecule has 0 amide bonds. The summed E-state index contributed by atoms with van der Waals surface area (Å²) in [6.07, 6.45) is 8.81. The van der Waals surface area contributed by atoms with Crippen LogP contribution in [-0.4, -0.2) is 25.6 Å². The van der Waals surface area contributed by atoms with E-state index in [9.17, 15) is 0 Å². The summed E-state index contributed by atoms with van der Waals surface area (Å²) in [5.41, 5.74) is 3.14. The summed E-state index contributed by atoms with van der Waals surface area (Å²) in [5, 5.41) is 3.65. The molecule has 3 heteroatoms. The van der Waals surface area contributed by atoms with Crippen LogP contribution in [0.5, 0.6) is 5.75 Å². The van der Waals surface area contributed by atoms with Gasteiger partial charge < -0.3 is 10.1 Å². The molecule has 116 valence electrons. The van der Waals surface area contributed by atoms with Crippen LogP contribution in [0.1, 0.15) is 43.2 Å². The van der Waals surface area contributed by atoms with Gasteiger partial charge in [0.05, 0.1) is 6.61 Å². The third-order valence-corrected chi connectivity index (χ3v) is 5.61. The van der Waals surface area contributed by atoms with Crippen LogP contribution in [0.25, 0.3) is 0 Å². The maximum absolute atomic E-state index is 6.24. The molecule has 0 unspecified atom stereocenters. The maximum atomic E-state index is 6.24. The van der Waals surface area contributed by atoms with E-state index in [1.54, 1.807) is 0 Å². The summed E-state index contributed by atoms with van der Waals surface area (Å²) in [4.78, 5) is 0. The number of halogens is 1. The molecule has 1 aliphatic heterocycles. The average molecular weight is 308 g/mol. The molecule has 0 spiro atoms. The topological polar surface area (TPSA) is 21.3 Å². The summed E-state index contributed by atoms with van der Waals surface area (Å²) < 4.78 is 5.56.